The molecular formula is C17H22N4O3. The van der Waals surface area contributed by atoms with Crippen molar-refractivity contribution in [3.63, 3.8) is 0 Å². The third kappa shape index (κ3) is 4.41. The third-order valence-electron chi connectivity index (χ3n) is 4.18. The number of nitrogens with one attached hydrogen (secondary N) is 2. The van der Waals surface area contributed by atoms with Crippen molar-refractivity contribution >= 4 is 23.4 Å². The van der Waals surface area contributed by atoms with Crippen LogP contribution in [0.2, 0.25) is 0 Å². The lowest BCUT2D eigenvalue weighted by atomic mass is 9.82. The summed E-state index contributed by atoms with van der Waals surface area (Å²) in [5.41, 5.74) is 6.65. The molecule has 1 fully saturated rings. The Balaban J connectivity index is 2.10. The lowest BCUT2D eigenvalue weighted by molar-refractivity contribution is -0.117. The van der Waals surface area contributed by atoms with Crippen molar-refractivity contribution in [2.75, 3.05) is 5.32 Å². The van der Waals surface area contributed by atoms with Crippen LogP contribution in [0.15, 0.2) is 24.9 Å². The van der Waals surface area contributed by atoms with Crippen LogP contribution in [0.25, 0.3) is 0 Å². The number of rotatable bonds is 5. The molecule has 7 nitrogen and oxygen atoms in total. The van der Waals surface area contributed by atoms with Gasteiger partial charge < -0.3 is 16.4 Å². The number of pyridine rings is 1. The minimum atomic E-state index is -0.679. The van der Waals surface area contributed by atoms with E-state index in [2.05, 4.69) is 22.2 Å². The number of hydrogen-bond acceptors (Lipinski definition) is 4. The summed E-state index contributed by atoms with van der Waals surface area (Å²) in [4.78, 5) is 38.2. The van der Waals surface area contributed by atoms with Gasteiger partial charge in [-0.1, -0.05) is 6.58 Å². The van der Waals surface area contributed by atoms with Gasteiger partial charge in [-0.3, -0.25) is 14.4 Å². The molecule has 0 saturated heterocycles. The molecule has 0 unspecified atom stereocenters. The summed E-state index contributed by atoms with van der Waals surface area (Å²) < 4.78 is 0. The first-order chi connectivity index (χ1) is 11.4. The number of nitrogens with zero attached hydrogens (tertiary/aromatic N) is 1. The Hall–Kier alpha value is -2.70. The fraction of sp³-hybridized carbons (Fsp3) is 0.412. The molecule has 0 atom stereocenters. The van der Waals surface area contributed by atoms with Gasteiger partial charge in [-0.25, -0.2) is 4.98 Å². The Bertz CT molecular complexity index is 664. The normalized spacial score (nSPS) is 20.0. The number of carbonyl (C=O) groups excluding carboxylic acids is 3. The highest BCUT2D eigenvalue weighted by Gasteiger charge is 2.24. The first-order valence-corrected chi connectivity index (χ1v) is 7.91. The van der Waals surface area contributed by atoms with Crippen LogP contribution in [-0.2, 0) is 9.59 Å². The molecule has 1 aliphatic carbocycles. The Morgan fingerprint density at radius 2 is 1.96 bits per heavy atom. The third-order valence-corrected chi connectivity index (χ3v) is 4.18. The topological polar surface area (TPSA) is 114 Å². The van der Waals surface area contributed by atoms with Crippen molar-refractivity contribution in [2.24, 2.45) is 5.73 Å². The smallest absolute Gasteiger partial charge is 0.269 e. The van der Waals surface area contributed by atoms with Gasteiger partial charge in [-0.15, -0.1) is 0 Å². The zero-order valence-electron chi connectivity index (χ0n) is 13.7. The molecule has 1 aromatic rings. The maximum absolute atomic E-state index is 11.4. The highest BCUT2D eigenvalue weighted by Crippen LogP contribution is 2.34. The van der Waals surface area contributed by atoms with Crippen LogP contribution < -0.4 is 16.4 Å². The summed E-state index contributed by atoms with van der Waals surface area (Å²) in [6.45, 7) is 4.82. The summed E-state index contributed by atoms with van der Waals surface area (Å²) in [5.74, 6) is -0.851. The highest BCUT2D eigenvalue weighted by atomic mass is 16.2. The van der Waals surface area contributed by atoms with Crippen molar-refractivity contribution in [1.82, 2.24) is 10.3 Å². The van der Waals surface area contributed by atoms with Crippen molar-refractivity contribution < 1.29 is 14.4 Å². The fourth-order valence-corrected chi connectivity index (χ4v) is 3.02. The molecule has 0 aromatic carbocycles. The van der Waals surface area contributed by atoms with Crippen LogP contribution in [0.3, 0.4) is 0 Å². The molecule has 4 N–H and O–H groups in total. The standard InChI is InChI=1S/C17H22N4O3/c1-3-15(23)21-13-6-4-11(5-7-13)12-8-14(20-10(2)22)16(17(18)24)19-9-12/h3,8-9,11,13H,1,4-7H2,2H3,(H2,18,24)(H,20,22)(H,21,23). The monoisotopic (exact) mass is 330 g/mol. The molecule has 2 rings (SSSR count). The van der Waals surface area contributed by atoms with E-state index < -0.39 is 5.91 Å². The van der Waals surface area contributed by atoms with E-state index in [9.17, 15) is 14.4 Å². The first-order valence-electron chi connectivity index (χ1n) is 7.91. The summed E-state index contributed by atoms with van der Waals surface area (Å²) in [5, 5.41) is 5.52. The number of hydrogen-bond donors (Lipinski definition) is 3. The van der Waals surface area contributed by atoms with E-state index in [1.54, 1.807) is 12.3 Å². The van der Waals surface area contributed by atoms with Crippen LogP contribution in [-0.4, -0.2) is 28.7 Å². The number of carbonyl (C=O) groups is 3. The van der Waals surface area contributed by atoms with Crippen LogP contribution in [0.1, 0.15) is 54.6 Å². The molecule has 1 aliphatic rings. The van der Waals surface area contributed by atoms with Gasteiger partial charge in [0.1, 0.15) is 0 Å². The van der Waals surface area contributed by atoms with Gasteiger partial charge in [0, 0.05) is 19.2 Å². The molecule has 24 heavy (non-hydrogen) atoms. The first kappa shape index (κ1) is 17.7. The van der Waals surface area contributed by atoms with Crippen LogP contribution in [0, 0.1) is 0 Å². The van der Waals surface area contributed by atoms with E-state index in [1.165, 1.54) is 13.0 Å². The molecule has 1 saturated carbocycles. The van der Waals surface area contributed by atoms with Crippen LogP contribution in [0.5, 0.6) is 0 Å². The lowest BCUT2D eigenvalue weighted by Gasteiger charge is -2.29. The number of primary amides is 1. The molecule has 0 radical (unpaired) electrons. The Kier molecular flexibility index (Phi) is 5.68. The van der Waals surface area contributed by atoms with Gasteiger partial charge in [-0.05, 0) is 49.3 Å². The van der Waals surface area contributed by atoms with Crippen molar-refractivity contribution in [3.8, 4) is 0 Å². The highest BCUT2D eigenvalue weighted by molar-refractivity contribution is 6.01. The molecule has 1 heterocycles. The second-order valence-corrected chi connectivity index (χ2v) is 5.97. The van der Waals surface area contributed by atoms with Crippen LogP contribution in [0.4, 0.5) is 5.69 Å². The van der Waals surface area contributed by atoms with Gasteiger partial charge in [0.05, 0.1) is 5.69 Å². The summed E-state index contributed by atoms with van der Waals surface area (Å²) in [6, 6.07) is 1.92. The number of anilines is 1. The number of nitrogens with two attached hydrogens (primary N) is 1. The summed E-state index contributed by atoms with van der Waals surface area (Å²) >= 11 is 0. The second kappa shape index (κ2) is 7.72. The van der Waals surface area contributed by atoms with Crippen molar-refractivity contribution in [1.29, 1.82) is 0 Å². The zero-order valence-corrected chi connectivity index (χ0v) is 13.7. The average molecular weight is 330 g/mol. The lowest BCUT2D eigenvalue weighted by Crippen LogP contribution is -2.36. The Morgan fingerprint density at radius 3 is 2.50 bits per heavy atom. The predicted molar refractivity (Wildman–Crippen MR) is 90.4 cm³/mol. The molecule has 0 aliphatic heterocycles. The minimum Gasteiger partial charge on any atom is -0.364 e. The average Bonchev–Trinajstić information content (AvgIpc) is 2.54. The minimum absolute atomic E-state index is 0.0564. The van der Waals surface area contributed by atoms with Crippen molar-refractivity contribution in [3.05, 3.63) is 36.2 Å². The molecule has 0 bridgehead atoms. The second-order valence-electron chi connectivity index (χ2n) is 5.97. The van der Waals surface area contributed by atoms with Gasteiger partial charge >= 0.3 is 0 Å². The Morgan fingerprint density at radius 1 is 1.29 bits per heavy atom. The SMILES string of the molecule is C=CC(=O)NC1CCC(c2cnc(C(N)=O)c(NC(C)=O)c2)CC1. The molecule has 128 valence electrons. The predicted octanol–water partition coefficient (Wildman–Crippen LogP) is 1.47. The maximum Gasteiger partial charge on any atom is 0.269 e. The van der Waals surface area contributed by atoms with E-state index in [-0.39, 0.29) is 29.5 Å². The molecule has 1 aromatic heterocycles. The van der Waals surface area contributed by atoms with E-state index >= 15 is 0 Å². The molecule has 3 amide bonds. The van der Waals surface area contributed by atoms with Gasteiger partial charge in [0.2, 0.25) is 11.8 Å². The number of amides is 3. The quantitative estimate of drug-likeness (QED) is 0.709. The summed E-state index contributed by atoms with van der Waals surface area (Å²) in [7, 11) is 0. The van der Waals surface area contributed by atoms with Gasteiger partial charge in [0.15, 0.2) is 5.69 Å². The van der Waals surface area contributed by atoms with E-state index in [1.807, 2.05) is 0 Å². The van der Waals surface area contributed by atoms with Gasteiger partial charge in [-0.2, -0.15) is 0 Å². The van der Waals surface area contributed by atoms with E-state index in [4.69, 9.17) is 5.73 Å². The zero-order chi connectivity index (χ0) is 17.7. The Labute approximate surface area is 140 Å². The fourth-order valence-electron chi connectivity index (χ4n) is 3.02. The van der Waals surface area contributed by atoms with E-state index in [0.29, 0.717) is 5.69 Å². The van der Waals surface area contributed by atoms with Gasteiger partial charge in [0.25, 0.3) is 5.91 Å². The number of aromatic nitrogens is 1. The molecular weight excluding hydrogens is 308 g/mol. The molecule has 7 heteroatoms. The van der Waals surface area contributed by atoms with Crippen LogP contribution >= 0.6 is 0 Å². The largest absolute Gasteiger partial charge is 0.364 e. The van der Waals surface area contributed by atoms with E-state index in [0.717, 1.165) is 31.2 Å². The van der Waals surface area contributed by atoms with Crippen molar-refractivity contribution in [2.45, 2.75) is 44.6 Å². The molecule has 0 spiro atoms. The maximum atomic E-state index is 11.4. The summed E-state index contributed by atoms with van der Waals surface area (Å²) in [6.07, 6.45) is 6.41.